The Morgan fingerprint density at radius 3 is 2.53 bits per heavy atom. The number of carbonyl (C=O) groups is 1. The standard InChI is InChI=1S/C14H11F2NO2/c1-8-5-6-11(10(16)7-8)17-14(19)13-9(15)3-2-4-12(13)18/h2-7,18H,1H3,(H,17,19). The van der Waals surface area contributed by atoms with Gasteiger partial charge in [0, 0.05) is 0 Å². The van der Waals surface area contributed by atoms with E-state index in [0.717, 1.165) is 6.07 Å². The second-order valence-corrected chi connectivity index (χ2v) is 4.07. The summed E-state index contributed by atoms with van der Waals surface area (Å²) in [5.74, 6) is -2.89. The first-order valence-electron chi connectivity index (χ1n) is 5.54. The molecule has 98 valence electrons. The smallest absolute Gasteiger partial charge is 0.262 e. The first-order chi connectivity index (χ1) is 8.99. The summed E-state index contributed by atoms with van der Waals surface area (Å²) in [5, 5.41) is 11.7. The molecule has 0 aromatic heterocycles. The molecule has 0 fully saturated rings. The topological polar surface area (TPSA) is 49.3 Å². The predicted molar refractivity (Wildman–Crippen MR) is 67.2 cm³/mol. The second-order valence-electron chi connectivity index (χ2n) is 4.07. The molecule has 2 aromatic rings. The Kier molecular flexibility index (Phi) is 3.46. The molecule has 0 saturated carbocycles. The molecule has 0 atom stereocenters. The quantitative estimate of drug-likeness (QED) is 0.873. The second kappa shape index (κ2) is 5.06. The lowest BCUT2D eigenvalue weighted by Crippen LogP contribution is -2.15. The van der Waals surface area contributed by atoms with Crippen molar-refractivity contribution in [2.75, 3.05) is 5.32 Å². The molecule has 1 amide bonds. The zero-order chi connectivity index (χ0) is 14.0. The van der Waals surface area contributed by atoms with Gasteiger partial charge in [-0.05, 0) is 36.8 Å². The van der Waals surface area contributed by atoms with Gasteiger partial charge in [-0.25, -0.2) is 8.78 Å². The molecule has 0 aliphatic carbocycles. The van der Waals surface area contributed by atoms with Crippen molar-refractivity contribution in [3.05, 3.63) is 59.2 Å². The van der Waals surface area contributed by atoms with Crippen LogP contribution in [0.2, 0.25) is 0 Å². The monoisotopic (exact) mass is 263 g/mol. The van der Waals surface area contributed by atoms with Crippen molar-refractivity contribution in [3.63, 3.8) is 0 Å². The average molecular weight is 263 g/mol. The van der Waals surface area contributed by atoms with E-state index in [4.69, 9.17) is 0 Å². The summed E-state index contributed by atoms with van der Waals surface area (Å²) in [7, 11) is 0. The maximum absolute atomic E-state index is 13.6. The number of rotatable bonds is 2. The number of phenols is 1. The van der Waals surface area contributed by atoms with Gasteiger partial charge in [-0.3, -0.25) is 4.79 Å². The van der Waals surface area contributed by atoms with E-state index in [0.29, 0.717) is 5.56 Å². The van der Waals surface area contributed by atoms with Crippen molar-refractivity contribution in [2.45, 2.75) is 6.92 Å². The van der Waals surface area contributed by atoms with Crippen LogP contribution in [0.25, 0.3) is 0 Å². The Morgan fingerprint density at radius 2 is 1.89 bits per heavy atom. The number of hydrogen-bond acceptors (Lipinski definition) is 2. The molecule has 19 heavy (non-hydrogen) atoms. The summed E-state index contributed by atoms with van der Waals surface area (Å²) in [5.41, 5.74) is 0.116. The van der Waals surface area contributed by atoms with E-state index in [1.165, 1.54) is 24.3 Å². The van der Waals surface area contributed by atoms with Crippen LogP contribution in [0, 0.1) is 18.6 Å². The Bertz CT molecular complexity index is 621. The highest BCUT2D eigenvalue weighted by atomic mass is 19.1. The Morgan fingerprint density at radius 1 is 1.16 bits per heavy atom. The van der Waals surface area contributed by atoms with Crippen LogP contribution in [0.15, 0.2) is 36.4 Å². The van der Waals surface area contributed by atoms with Gasteiger partial charge in [0.1, 0.15) is 22.9 Å². The van der Waals surface area contributed by atoms with E-state index in [2.05, 4.69) is 5.32 Å². The lowest BCUT2D eigenvalue weighted by atomic mass is 10.1. The zero-order valence-electron chi connectivity index (χ0n) is 10.1. The summed E-state index contributed by atoms with van der Waals surface area (Å²) >= 11 is 0. The van der Waals surface area contributed by atoms with Crippen molar-refractivity contribution in [1.82, 2.24) is 0 Å². The highest BCUT2D eigenvalue weighted by molar-refractivity contribution is 6.06. The minimum atomic E-state index is -0.904. The van der Waals surface area contributed by atoms with Crippen molar-refractivity contribution in [1.29, 1.82) is 0 Å². The van der Waals surface area contributed by atoms with Gasteiger partial charge in [0.25, 0.3) is 5.91 Å². The Labute approximate surface area is 108 Å². The van der Waals surface area contributed by atoms with Gasteiger partial charge >= 0.3 is 0 Å². The van der Waals surface area contributed by atoms with Gasteiger partial charge in [0.15, 0.2) is 0 Å². The van der Waals surface area contributed by atoms with E-state index in [9.17, 15) is 18.7 Å². The number of aromatic hydroxyl groups is 1. The largest absolute Gasteiger partial charge is 0.507 e. The van der Waals surface area contributed by atoms with E-state index in [1.807, 2.05) is 0 Å². The van der Waals surface area contributed by atoms with Crippen LogP contribution in [0.3, 0.4) is 0 Å². The zero-order valence-corrected chi connectivity index (χ0v) is 10.1. The summed E-state index contributed by atoms with van der Waals surface area (Å²) in [4.78, 5) is 11.8. The number of aryl methyl sites for hydroxylation is 1. The van der Waals surface area contributed by atoms with Gasteiger partial charge < -0.3 is 10.4 Å². The summed E-state index contributed by atoms with van der Waals surface area (Å²) < 4.78 is 27.0. The van der Waals surface area contributed by atoms with E-state index in [1.54, 1.807) is 13.0 Å². The highest BCUT2D eigenvalue weighted by Crippen LogP contribution is 2.22. The molecule has 0 radical (unpaired) electrons. The third-order valence-corrected chi connectivity index (χ3v) is 2.59. The molecule has 2 N–H and O–H groups in total. The van der Waals surface area contributed by atoms with Crippen LogP contribution >= 0.6 is 0 Å². The molecule has 5 heteroatoms. The third kappa shape index (κ3) is 2.70. The van der Waals surface area contributed by atoms with Crippen molar-refractivity contribution in [2.24, 2.45) is 0 Å². The van der Waals surface area contributed by atoms with Crippen LogP contribution < -0.4 is 5.32 Å². The fourth-order valence-electron chi connectivity index (χ4n) is 1.64. The molecular formula is C14H11F2NO2. The minimum Gasteiger partial charge on any atom is -0.507 e. The number of anilines is 1. The first kappa shape index (κ1) is 13.0. The number of nitrogens with one attached hydrogen (secondary N) is 1. The van der Waals surface area contributed by atoms with Gasteiger partial charge in [0.2, 0.25) is 0 Å². The molecule has 2 rings (SSSR count). The van der Waals surface area contributed by atoms with Gasteiger partial charge in [0.05, 0.1) is 5.69 Å². The SMILES string of the molecule is Cc1ccc(NC(=O)c2c(O)cccc2F)c(F)c1. The molecule has 0 aliphatic heterocycles. The molecule has 0 saturated heterocycles. The molecule has 0 heterocycles. The number of carbonyl (C=O) groups excluding carboxylic acids is 1. The van der Waals surface area contributed by atoms with Crippen molar-refractivity contribution < 1.29 is 18.7 Å². The van der Waals surface area contributed by atoms with Crippen LogP contribution in [0.4, 0.5) is 14.5 Å². The van der Waals surface area contributed by atoms with Crippen LogP contribution in [0.1, 0.15) is 15.9 Å². The van der Waals surface area contributed by atoms with Crippen LogP contribution in [-0.4, -0.2) is 11.0 Å². The van der Waals surface area contributed by atoms with E-state index >= 15 is 0 Å². The predicted octanol–water partition coefficient (Wildman–Crippen LogP) is 3.23. The summed E-state index contributed by atoms with van der Waals surface area (Å²) in [6.07, 6.45) is 0. The molecule has 2 aromatic carbocycles. The third-order valence-electron chi connectivity index (χ3n) is 2.59. The fourth-order valence-corrected chi connectivity index (χ4v) is 1.64. The highest BCUT2D eigenvalue weighted by Gasteiger charge is 2.17. The molecule has 0 bridgehead atoms. The molecule has 0 spiro atoms. The van der Waals surface area contributed by atoms with E-state index < -0.39 is 28.9 Å². The number of halogens is 2. The first-order valence-corrected chi connectivity index (χ1v) is 5.54. The number of amides is 1. The Hall–Kier alpha value is -2.43. The van der Waals surface area contributed by atoms with Crippen molar-refractivity contribution >= 4 is 11.6 Å². The average Bonchev–Trinajstić information content (AvgIpc) is 2.32. The van der Waals surface area contributed by atoms with Gasteiger partial charge in [-0.15, -0.1) is 0 Å². The fraction of sp³-hybridized carbons (Fsp3) is 0.0714. The van der Waals surface area contributed by atoms with Crippen LogP contribution in [-0.2, 0) is 0 Å². The summed E-state index contributed by atoms with van der Waals surface area (Å²) in [6, 6.07) is 7.73. The van der Waals surface area contributed by atoms with E-state index in [-0.39, 0.29) is 5.69 Å². The molecule has 3 nitrogen and oxygen atoms in total. The number of phenolic OH excluding ortho intramolecular Hbond substituents is 1. The van der Waals surface area contributed by atoms with Crippen molar-refractivity contribution in [3.8, 4) is 5.75 Å². The van der Waals surface area contributed by atoms with Crippen LogP contribution in [0.5, 0.6) is 5.75 Å². The maximum Gasteiger partial charge on any atom is 0.262 e. The number of hydrogen-bond donors (Lipinski definition) is 2. The number of benzene rings is 2. The molecule has 0 aliphatic rings. The molecule has 0 unspecified atom stereocenters. The summed E-state index contributed by atoms with van der Waals surface area (Å²) in [6.45, 7) is 1.71. The maximum atomic E-state index is 13.6. The minimum absolute atomic E-state index is 0.0711. The van der Waals surface area contributed by atoms with Gasteiger partial charge in [-0.2, -0.15) is 0 Å². The molecular weight excluding hydrogens is 252 g/mol. The Balaban J connectivity index is 2.31. The lowest BCUT2D eigenvalue weighted by molar-refractivity contribution is 0.102. The van der Waals surface area contributed by atoms with Gasteiger partial charge in [-0.1, -0.05) is 12.1 Å². The normalized spacial score (nSPS) is 10.3. The lowest BCUT2D eigenvalue weighted by Gasteiger charge is -2.09.